The van der Waals surface area contributed by atoms with E-state index in [4.69, 9.17) is 0 Å². The first kappa shape index (κ1) is 10.2. The van der Waals surface area contributed by atoms with Gasteiger partial charge in [-0.25, -0.2) is 9.37 Å². The fourth-order valence-electron chi connectivity index (χ4n) is 1.02. The zero-order chi connectivity index (χ0) is 11.2. The monoisotopic (exact) mass is 217 g/mol. The number of nitrogens with zero attached hydrogens (tertiary/aromatic N) is 4. The van der Waals surface area contributed by atoms with Gasteiger partial charge in [0.1, 0.15) is 5.82 Å². The van der Waals surface area contributed by atoms with Crippen LogP contribution in [-0.4, -0.2) is 9.97 Å². The lowest BCUT2D eigenvalue weighted by Gasteiger charge is -1.98. The summed E-state index contributed by atoms with van der Waals surface area (Å²) in [6, 6.07) is 6.19. The van der Waals surface area contributed by atoms with E-state index < -0.39 is 0 Å². The van der Waals surface area contributed by atoms with Crippen molar-refractivity contribution in [3.05, 3.63) is 48.7 Å². The molecule has 0 radical (unpaired) electrons. The first-order chi connectivity index (χ1) is 7.86. The van der Waals surface area contributed by atoms with Crippen LogP contribution in [0.3, 0.4) is 0 Å². The Hall–Kier alpha value is -2.37. The normalized spacial score (nSPS) is 10.6. The molecule has 0 bridgehead atoms. The SMILES string of the molecule is Fc1ccccc1NN=Nc1cnccn1. The van der Waals surface area contributed by atoms with E-state index in [1.54, 1.807) is 18.2 Å². The molecular formula is C10H8FN5. The summed E-state index contributed by atoms with van der Waals surface area (Å²) >= 11 is 0. The van der Waals surface area contributed by atoms with Gasteiger partial charge in [-0.3, -0.25) is 10.4 Å². The summed E-state index contributed by atoms with van der Waals surface area (Å²) in [5.74, 6) is -0.0352. The second-order valence-corrected chi connectivity index (χ2v) is 2.86. The maximum Gasteiger partial charge on any atom is 0.194 e. The molecule has 0 saturated heterocycles. The molecule has 0 spiro atoms. The van der Waals surface area contributed by atoms with Crippen LogP contribution in [0.5, 0.6) is 0 Å². The third-order valence-corrected chi connectivity index (χ3v) is 1.75. The lowest BCUT2D eigenvalue weighted by atomic mass is 10.3. The molecule has 0 aliphatic rings. The van der Waals surface area contributed by atoms with Crippen molar-refractivity contribution in [1.82, 2.24) is 9.97 Å². The van der Waals surface area contributed by atoms with Gasteiger partial charge in [-0.05, 0) is 12.1 Å². The quantitative estimate of drug-likeness (QED) is 0.635. The lowest BCUT2D eigenvalue weighted by molar-refractivity contribution is 0.630. The summed E-state index contributed by atoms with van der Waals surface area (Å²) in [5.41, 5.74) is 2.74. The predicted molar refractivity (Wildman–Crippen MR) is 56.6 cm³/mol. The number of benzene rings is 1. The molecule has 0 aliphatic carbocycles. The van der Waals surface area contributed by atoms with Crippen LogP contribution < -0.4 is 5.43 Å². The Morgan fingerprint density at radius 2 is 2.06 bits per heavy atom. The number of aromatic nitrogens is 2. The molecule has 2 rings (SSSR count). The van der Waals surface area contributed by atoms with Crippen LogP contribution in [0, 0.1) is 5.82 Å². The lowest BCUT2D eigenvalue weighted by Crippen LogP contribution is -1.90. The first-order valence-electron chi connectivity index (χ1n) is 4.53. The third-order valence-electron chi connectivity index (χ3n) is 1.75. The fraction of sp³-hybridized carbons (Fsp3) is 0. The minimum absolute atomic E-state index is 0.259. The van der Waals surface area contributed by atoms with E-state index in [0.717, 1.165) is 0 Å². The minimum atomic E-state index is -0.388. The molecule has 5 nitrogen and oxygen atoms in total. The standard InChI is InChI=1S/C10H8FN5/c11-8-3-1-2-4-9(8)14-16-15-10-7-12-5-6-13-10/h1-7H,(H,13,14,15). The van der Waals surface area contributed by atoms with E-state index in [2.05, 4.69) is 25.7 Å². The van der Waals surface area contributed by atoms with Gasteiger partial charge in [-0.2, -0.15) is 0 Å². The molecule has 80 valence electrons. The molecule has 1 aromatic carbocycles. The zero-order valence-corrected chi connectivity index (χ0v) is 8.21. The van der Waals surface area contributed by atoms with E-state index in [0.29, 0.717) is 5.82 Å². The summed E-state index contributed by atoms with van der Waals surface area (Å²) < 4.78 is 13.1. The zero-order valence-electron chi connectivity index (χ0n) is 8.21. The van der Waals surface area contributed by atoms with Crippen LogP contribution in [0.25, 0.3) is 0 Å². The molecule has 0 unspecified atom stereocenters. The molecule has 16 heavy (non-hydrogen) atoms. The largest absolute Gasteiger partial charge is 0.259 e. The average molecular weight is 217 g/mol. The number of para-hydroxylation sites is 1. The molecule has 0 atom stereocenters. The molecule has 6 heteroatoms. The Labute approximate surface area is 91.1 Å². The van der Waals surface area contributed by atoms with Crippen LogP contribution in [-0.2, 0) is 0 Å². The van der Waals surface area contributed by atoms with E-state index in [9.17, 15) is 4.39 Å². The van der Waals surface area contributed by atoms with Crippen molar-refractivity contribution in [3.63, 3.8) is 0 Å². The van der Waals surface area contributed by atoms with Crippen molar-refractivity contribution >= 4 is 11.5 Å². The summed E-state index contributed by atoms with van der Waals surface area (Å²) in [6.07, 6.45) is 4.48. The second kappa shape index (κ2) is 4.92. The van der Waals surface area contributed by atoms with Gasteiger partial charge in [-0.1, -0.05) is 17.4 Å². The van der Waals surface area contributed by atoms with Crippen molar-refractivity contribution in [1.29, 1.82) is 0 Å². The Morgan fingerprint density at radius 1 is 1.19 bits per heavy atom. The number of anilines is 1. The fourth-order valence-corrected chi connectivity index (χ4v) is 1.02. The number of hydrogen-bond donors (Lipinski definition) is 1. The summed E-state index contributed by atoms with van der Waals surface area (Å²) in [7, 11) is 0. The molecule has 1 heterocycles. The second-order valence-electron chi connectivity index (χ2n) is 2.86. The predicted octanol–water partition coefficient (Wildman–Crippen LogP) is 2.73. The number of rotatable bonds is 3. The van der Waals surface area contributed by atoms with Crippen LogP contribution in [0.2, 0.25) is 0 Å². The van der Waals surface area contributed by atoms with E-state index >= 15 is 0 Å². The maximum atomic E-state index is 13.1. The van der Waals surface area contributed by atoms with E-state index in [-0.39, 0.29) is 11.5 Å². The van der Waals surface area contributed by atoms with Gasteiger partial charge in [0.05, 0.1) is 11.9 Å². The highest BCUT2D eigenvalue weighted by atomic mass is 19.1. The van der Waals surface area contributed by atoms with Crippen LogP contribution >= 0.6 is 0 Å². The molecule has 2 aromatic rings. The van der Waals surface area contributed by atoms with Gasteiger partial charge >= 0.3 is 0 Å². The molecule has 0 fully saturated rings. The van der Waals surface area contributed by atoms with Gasteiger partial charge in [0, 0.05) is 12.4 Å². The van der Waals surface area contributed by atoms with Gasteiger partial charge in [0.25, 0.3) is 0 Å². The molecule has 0 aliphatic heterocycles. The maximum absolute atomic E-state index is 13.1. The Kier molecular flexibility index (Phi) is 3.12. The van der Waals surface area contributed by atoms with Crippen LogP contribution in [0.1, 0.15) is 0 Å². The summed E-state index contributed by atoms with van der Waals surface area (Å²) in [6.45, 7) is 0. The van der Waals surface area contributed by atoms with Gasteiger partial charge in [0.2, 0.25) is 0 Å². The molecular weight excluding hydrogens is 209 g/mol. The summed E-state index contributed by atoms with van der Waals surface area (Å²) in [4.78, 5) is 7.69. The van der Waals surface area contributed by atoms with Gasteiger partial charge in [-0.15, -0.1) is 5.11 Å². The van der Waals surface area contributed by atoms with Crippen LogP contribution in [0.4, 0.5) is 15.9 Å². The third kappa shape index (κ3) is 2.57. The van der Waals surface area contributed by atoms with Crippen LogP contribution in [0.15, 0.2) is 53.2 Å². The number of halogens is 1. The highest BCUT2D eigenvalue weighted by Gasteiger charge is 1.97. The van der Waals surface area contributed by atoms with Gasteiger partial charge < -0.3 is 0 Å². The number of hydrogen-bond acceptors (Lipinski definition) is 4. The molecule has 0 amide bonds. The van der Waals surface area contributed by atoms with Crippen molar-refractivity contribution < 1.29 is 4.39 Å². The Morgan fingerprint density at radius 3 is 2.81 bits per heavy atom. The highest BCUT2D eigenvalue weighted by molar-refractivity contribution is 5.43. The average Bonchev–Trinajstić information content (AvgIpc) is 2.33. The van der Waals surface area contributed by atoms with Crippen molar-refractivity contribution in [2.24, 2.45) is 10.3 Å². The van der Waals surface area contributed by atoms with Crippen molar-refractivity contribution in [2.45, 2.75) is 0 Å². The highest BCUT2D eigenvalue weighted by Crippen LogP contribution is 2.13. The van der Waals surface area contributed by atoms with E-state index in [1.807, 2.05) is 0 Å². The summed E-state index contributed by atoms with van der Waals surface area (Å²) in [5, 5.41) is 7.32. The Balaban J connectivity index is 2.03. The van der Waals surface area contributed by atoms with Crippen molar-refractivity contribution in [3.8, 4) is 0 Å². The van der Waals surface area contributed by atoms with E-state index in [1.165, 1.54) is 24.7 Å². The molecule has 1 N–H and O–H groups in total. The number of nitrogens with one attached hydrogen (secondary N) is 1. The minimum Gasteiger partial charge on any atom is -0.259 e. The van der Waals surface area contributed by atoms with Gasteiger partial charge in [0.15, 0.2) is 5.82 Å². The topological polar surface area (TPSA) is 62.5 Å². The smallest absolute Gasteiger partial charge is 0.194 e. The van der Waals surface area contributed by atoms with Crippen molar-refractivity contribution in [2.75, 3.05) is 5.43 Å². The Bertz CT molecular complexity index is 486. The molecule has 1 aromatic heterocycles. The molecule has 0 saturated carbocycles. The first-order valence-corrected chi connectivity index (χ1v) is 4.53.